The quantitative estimate of drug-likeness (QED) is 0.745. The van der Waals surface area contributed by atoms with Crippen LogP contribution in [-0.4, -0.2) is 36.7 Å². The minimum absolute atomic E-state index is 0.0499. The number of nitrogens with zero attached hydrogens (tertiary/aromatic N) is 1. The van der Waals surface area contributed by atoms with Crippen LogP contribution in [-0.2, 0) is 11.2 Å². The molecule has 0 radical (unpaired) electrons. The molecule has 1 amide bonds. The van der Waals surface area contributed by atoms with Crippen molar-refractivity contribution in [1.29, 1.82) is 0 Å². The molecule has 3 saturated heterocycles. The number of ether oxygens (including phenoxy) is 1. The van der Waals surface area contributed by atoms with Gasteiger partial charge < -0.3 is 10.1 Å². The van der Waals surface area contributed by atoms with Crippen molar-refractivity contribution in [2.75, 3.05) is 19.6 Å². The van der Waals surface area contributed by atoms with Gasteiger partial charge in [0.15, 0.2) is 0 Å². The molecular weight excluding hydrogens is 398 g/mol. The van der Waals surface area contributed by atoms with Crippen LogP contribution in [0.3, 0.4) is 0 Å². The fourth-order valence-corrected chi connectivity index (χ4v) is 5.54. The van der Waals surface area contributed by atoms with E-state index in [1.54, 1.807) is 0 Å². The number of rotatable bonds is 3. The molecule has 2 aromatic carbocycles. The van der Waals surface area contributed by atoms with E-state index in [0.29, 0.717) is 17.0 Å². The van der Waals surface area contributed by atoms with Crippen molar-refractivity contribution in [3.63, 3.8) is 0 Å². The Morgan fingerprint density at radius 3 is 2.58 bits per heavy atom. The Morgan fingerprint density at radius 2 is 1.90 bits per heavy atom. The van der Waals surface area contributed by atoms with E-state index >= 15 is 0 Å². The summed E-state index contributed by atoms with van der Waals surface area (Å²) in [6.07, 6.45) is 2.54. The Balaban J connectivity index is 1.37. The van der Waals surface area contributed by atoms with E-state index < -0.39 is 11.6 Å². The summed E-state index contributed by atoms with van der Waals surface area (Å²) in [4.78, 5) is 15.2. The molecule has 4 aliphatic rings. The van der Waals surface area contributed by atoms with Gasteiger partial charge in [-0.1, -0.05) is 26.0 Å². The van der Waals surface area contributed by atoms with Crippen molar-refractivity contribution in [2.24, 2.45) is 11.3 Å². The molecule has 1 N–H and O–H groups in total. The SMILES string of the molecule is CC1(C)Cc2ccc(-c3ccc(F)cc3F)cc2C1NC(=O)O[C@H]1CN2CCC1CC2. The Kier molecular flexibility index (Phi) is 5.00. The van der Waals surface area contributed by atoms with Crippen molar-refractivity contribution in [1.82, 2.24) is 10.2 Å². The van der Waals surface area contributed by atoms with E-state index in [1.807, 2.05) is 18.2 Å². The number of hydrogen-bond donors (Lipinski definition) is 1. The molecule has 0 aromatic heterocycles. The molecule has 164 valence electrons. The molecule has 4 nitrogen and oxygen atoms in total. The predicted octanol–water partition coefficient (Wildman–Crippen LogP) is 5.08. The lowest BCUT2D eigenvalue weighted by Gasteiger charge is -2.44. The van der Waals surface area contributed by atoms with Gasteiger partial charge in [0.25, 0.3) is 0 Å². The van der Waals surface area contributed by atoms with Crippen LogP contribution in [0.4, 0.5) is 13.6 Å². The van der Waals surface area contributed by atoms with Crippen LogP contribution in [0.25, 0.3) is 11.1 Å². The van der Waals surface area contributed by atoms with E-state index in [2.05, 4.69) is 24.1 Å². The zero-order valence-electron chi connectivity index (χ0n) is 18.0. The van der Waals surface area contributed by atoms with Crippen LogP contribution >= 0.6 is 0 Å². The monoisotopic (exact) mass is 426 g/mol. The number of halogens is 2. The number of fused-ring (bicyclic) bond motifs is 4. The lowest BCUT2D eigenvalue weighted by molar-refractivity contribution is -0.0348. The largest absolute Gasteiger partial charge is 0.445 e. The fraction of sp³-hybridized carbons (Fsp3) is 0.480. The number of piperidine rings is 3. The molecule has 2 atom stereocenters. The third kappa shape index (κ3) is 3.82. The second-order valence-corrected chi connectivity index (χ2v) is 9.86. The average molecular weight is 427 g/mol. The second-order valence-electron chi connectivity index (χ2n) is 9.86. The first-order valence-electron chi connectivity index (χ1n) is 11.1. The molecular formula is C25H28F2N2O2. The van der Waals surface area contributed by atoms with Crippen molar-refractivity contribution in [3.05, 3.63) is 59.2 Å². The molecule has 31 heavy (non-hydrogen) atoms. The number of amides is 1. The number of benzene rings is 2. The highest BCUT2D eigenvalue weighted by atomic mass is 19.1. The maximum absolute atomic E-state index is 14.3. The smallest absolute Gasteiger partial charge is 0.407 e. The van der Waals surface area contributed by atoms with Crippen molar-refractivity contribution < 1.29 is 18.3 Å². The van der Waals surface area contributed by atoms with Gasteiger partial charge in [-0.25, -0.2) is 13.6 Å². The van der Waals surface area contributed by atoms with Gasteiger partial charge in [0.05, 0.1) is 6.04 Å². The fourth-order valence-electron chi connectivity index (χ4n) is 5.54. The van der Waals surface area contributed by atoms with Gasteiger partial charge in [-0.2, -0.15) is 0 Å². The summed E-state index contributed by atoms with van der Waals surface area (Å²) >= 11 is 0. The molecule has 2 aromatic rings. The average Bonchev–Trinajstić information content (AvgIpc) is 2.98. The molecule has 6 rings (SSSR count). The van der Waals surface area contributed by atoms with Crippen LogP contribution < -0.4 is 5.32 Å². The van der Waals surface area contributed by atoms with Crippen LogP contribution in [0.15, 0.2) is 36.4 Å². The molecule has 1 unspecified atom stereocenters. The Morgan fingerprint density at radius 1 is 1.13 bits per heavy atom. The molecule has 6 heteroatoms. The van der Waals surface area contributed by atoms with Crippen LogP contribution in [0.5, 0.6) is 0 Å². The first-order valence-corrected chi connectivity index (χ1v) is 11.1. The van der Waals surface area contributed by atoms with Crippen molar-refractivity contribution in [2.45, 2.75) is 45.3 Å². The number of carbonyl (C=O) groups is 1. The van der Waals surface area contributed by atoms with Gasteiger partial charge in [-0.3, -0.25) is 4.90 Å². The Labute approximate surface area is 181 Å². The third-order valence-electron chi connectivity index (χ3n) is 7.24. The highest BCUT2D eigenvalue weighted by Gasteiger charge is 2.42. The minimum Gasteiger partial charge on any atom is -0.445 e. The summed E-state index contributed by atoms with van der Waals surface area (Å²) in [5.41, 5.74) is 2.92. The molecule has 3 fully saturated rings. The molecule has 3 aliphatic heterocycles. The summed E-state index contributed by atoms with van der Waals surface area (Å²) in [6, 6.07) is 9.13. The topological polar surface area (TPSA) is 41.6 Å². The first kappa shape index (κ1) is 20.4. The van der Waals surface area contributed by atoms with E-state index in [1.165, 1.54) is 12.1 Å². The standard InChI is InChI=1S/C25H28F2N2O2/c1-25(2)13-17-4-3-16(19-6-5-18(26)12-21(19)27)11-20(17)23(25)28-24(30)31-22-14-29-9-7-15(22)8-10-29/h3-6,11-12,15,22-23H,7-10,13-14H2,1-2H3,(H,28,30)/t22-,23?/m0/s1. The lowest BCUT2D eigenvalue weighted by atomic mass is 9.85. The molecule has 0 saturated carbocycles. The maximum Gasteiger partial charge on any atom is 0.407 e. The number of nitrogens with one attached hydrogen (secondary N) is 1. The van der Waals surface area contributed by atoms with Crippen molar-refractivity contribution in [3.8, 4) is 11.1 Å². The Hall–Kier alpha value is -2.47. The second kappa shape index (κ2) is 7.59. The summed E-state index contributed by atoms with van der Waals surface area (Å²) in [7, 11) is 0. The minimum atomic E-state index is -0.599. The first-order chi connectivity index (χ1) is 14.8. The highest BCUT2D eigenvalue weighted by Crippen LogP contribution is 2.46. The van der Waals surface area contributed by atoms with E-state index in [0.717, 1.165) is 56.1 Å². The van der Waals surface area contributed by atoms with Gasteiger partial charge in [0.1, 0.15) is 17.7 Å². The molecule has 3 heterocycles. The zero-order chi connectivity index (χ0) is 21.8. The van der Waals surface area contributed by atoms with Gasteiger partial charge in [0.2, 0.25) is 0 Å². The third-order valence-corrected chi connectivity index (χ3v) is 7.24. The number of hydrogen-bond acceptors (Lipinski definition) is 3. The van der Waals surface area contributed by atoms with Gasteiger partial charge in [0, 0.05) is 18.2 Å². The van der Waals surface area contributed by atoms with Crippen LogP contribution in [0.2, 0.25) is 0 Å². The number of alkyl carbamates (subject to hydrolysis) is 1. The summed E-state index contributed by atoms with van der Waals surface area (Å²) in [5, 5.41) is 3.10. The van der Waals surface area contributed by atoms with E-state index in [4.69, 9.17) is 4.74 Å². The summed E-state index contributed by atoms with van der Waals surface area (Å²) < 4.78 is 33.5. The van der Waals surface area contributed by atoms with E-state index in [9.17, 15) is 13.6 Å². The van der Waals surface area contributed by atoms with E-state index in [-0.39, 0.29) is 23.7 Å². The van der Waals surface area contributed by atoms with Crippen LogP contribution in [0, 0.1) is 23.0 Å². The van der Waals surface area contributed by atoms with Gasteiger partial charge in [-0.05, 0) is 78.6 Å². The van der Waals surface area contributed by atoms with Gasteiger partial charge >= 0.3 is 6.09 Å². The van der Waals surface area contributed by atoms with Crippen LogP contribution in [0.1, 0.15) is 43.9 Å². The molecule has 2 bridgehead atoms. The molecule has 1 aliphatic carbocycles. The van der Waals surface area contributed by atoms with Crippen molar-refractivity contribution >= 4 is 6.09 Å². The number of carbonyl (C=O) groups excluding carboxylic acids is 1. The molecule has 0 spiro atoms. The summed E-state index contributed by atoms with van der Waals surface area (Å²) in [5.74, 6) is -0.741. The predicted molar refractivity (Wildman–Crippen MR) is 115 cm³/mol. The lowest BCUT2D eigenvalue weighted by Crippen LogP contribution is -2.53. The summed E-state index contributed by atoms with van der Waals surface area (Å²) in [6.45, 7) is 7.24. The highest BCUT2D eigenvalue weighted by molar-refractivity contribution is 5.70. The Bertz CT molecular complexity index is 1010. The normalized spacial score (nSPS) is 28.3. The van der Waals surface area contributed by atoms with Gasteiger partial charge in [-0.15, -0.1) is 0 Å². The zero-order valence-corrected chi connectivity index (χ0v) is 18.0. The maximum atomic E-state index is 14.3.